The number of aromatic hydroxyl groups is 2. The molecular weight excluding hydrogens is 460 g/mol. The van der Waals surface area contributed by atoms with Gasteiger partial charge in [0.25, 0.3) is 0 Å². The van der Waals surface area contributed by atoms with Crippen molar-refractivity contribution in [1.29, 1.82) is 0 Å². The fourth-order valence-electron chi connectivity index (χ4n) is 2.79. The molecule has 1 heterocycles. The third-order valence-corrected chi connectivity index (χ3v) is 4.79. The number of pyridine rings is 1. The smallest absolute Gasteiger partial charge is 0.346 e. The highest BCUT2D eigenvalue weighted by molar-refractivity contribution is 6.02. The first kappa shape index (κ1) is 28.1. The molecule has 0 aliphatic rings. The number of phenols is 2. The fraction of sp³-hybridized carbons (Fsp3) is 0.250. The molecule has 0 radical (unpaired) electrons. The Morgan fingerprint density at radius 2 is 1.44 bits per heavy atom. The number of benzene rings is 2. The van der Waals surface area contributed by atoms with Crippen LogP contribution in [0, 0.1) is 0 Å². The summed E-state index contributed by atoms with van der Waals surface area (Å²) in [5.74, 6) is -0.761. The van der Waals surface area contributed by atoms with Crippen LogP contribution in [0.4, 0.5) is 0 Å². The van der Waals surface area contributed by atoms with Gasteiger partial charge in [0.1, 0.15) is 17.2 Å². The monoisotopic (exact) mass is 492 g/mol. The molecule has 0 amide bonds. The summed E-state index contributed by atoms with van der Waals surface area (Å²) in [5.41, 5.74) is 1.39. The molecule has 8 nitrogen and oxygen atoms in total. The van der Waals surface area contributed by atoms with Gasteiger partial charge in [0.15, 0.2) is 0 Å². The van der Waals surface area contributed by atoms with Gasteiger partial charge in [-0.15, -0.1) is 0 Å². The highest BCUT2D eigenvalue weighted by Crippen LogP contribution is 2.15. The molecule has 0 aliphatic heterocycles. The third-order valence-electron chi connectivity index (χ3n) is 4.79. The van der Waals surface area contributed by atoms with E-state index in [9.17, 15) is 9.59 Å². The van der Waals surface area contributed by atoms with E-state index in [4.69, 9.17) is 14.9 Å². The molecule has 0 bridgehead atoms. The molecule has 0 saturated carbocycles. The normalized spacial score (nSPS) is 11.5. The lowest BCUT2D eigenvalue weighted by atomic mass is 10.2. The Hall–Kier alpha value is -4.17. The number of nitrogens with one attached hydrogen (secondary N) is 1. The molecule has 8 heteroatoms. The van der Waals surface area contributed by atoms with Gasteiger partial charge in [0.05, 0.1) is 23.4 Å². The van der Waals surface area contributed by atoms with Crippen LogP contribution in [0.25, 0.3) is 6.08 Å². The average molecular weight is 493 g/mol. The zero-order chi connectivity index (χ0) is 26.5. The Labute approximate surface area is 211 Å². The number of hydrogen-bond acceptors (Lipinski definition) is 8. The molecular formula is C28H32N2O6. The second kappa shape index (κ2) is 14.3. The van der Waals surface area contributed by atoms with Gasteiger partial charge in [0, 0.05) is 12.2 Å². The molecule has 1 aromatic heterocycles. The SMILES string of the molecule is CN[C@@H](C)C/C=C/c1cncc(OC(C)C)c1.O=C(OC(=O)c1ccc(O)cc1)c1ccc(O)cc1. The van der Waals surface area contributed by atoms with Crippen LogP contribution in [0.2, 0.25) is 0 Å². The number of aromatic nitrogens is 1. The standard InChI is InChI=1S/C14H22N2O.C14H10O5/c1-11(2)17-14-8-13(9-16-10-14)7-5-6-12(3)15-4;15-11-5-1-9(2-6-11)13(17)19-14(18)10-3-7-12(16)8-4-10/h5,7-12,15H,6H2,1-4H3;1-8,15-16H/b7-5+;/t12-;/m0./s1. The molecule has 190 valence electrons. The van der Waals surface area contributed by atoms with Crippen LogP contribution in [-0.2, 0) is 4.74 Å². The molecule has 0 fully saturated rings. The van der Waals surface area contributed by atoms with Crippen LogP contribution < -0.4 is 10.1 Å². The summed E-state index contributed by atoms with van der Waals surface area (Å²) in [6, 6.07) is 13.2. The van der Waals surface area contributed by atoms with E-state index in [1.807, 2.05) is 33.2 Å². The van der Waals surface area contributed by atoms with E-state index in [-0.39, 0.29) is 28.7 Å². The lowest BCUT2D eigenvalue weighted by molar-refractivity contribution is 0.0398. The minimum atomic E-state index is -0.807. The van der Waals surface area contributed by atoms with Gasteiger partial charge in [-0.05, 0) is 94.4 Å². The fourth-order valence-corrected chi connectivity index (χ4v) is 2.79. The van der Waals surface area contributed by atoms with Crippen molar-refractivity contribution in [3.05, 3.63) is 89.8 Å². The topological polar surface area (TPSA) is 118 Å². The minimum absolute atomic E-state index is 0.0152. The molecule has 0 spiro atoms. The van der Waals surface area contributed by atoms with E-state index in [2.05, 4.69) is 34.1 Å². The molecule has 3 rings (SSSR count). The van der Waals surface area contributed by atoms with Crippen LogP contribution in [0.3, 0.4) is 0 Å². The van der Waals surface area contributed by atoms with Gasteiger partial charge in [-0.3, -0.25) is 4.98 Å². The number of carbonyl (C=O) groups is 2. The van der Waals surface area contributed by atoms with Crippen molar-refractivity contribution in [3.8, 4) is 17.2 Å². The summed E-state index contributed by atoms with van der Waals surface area (Å²) in [6.07, 6.45) is 9.00. The van der Waals surface area contributed by atoms with E-state index in [1.165, 1.54) is 48.5 Å². The average Bonchev–Trinajstić information content (AvgIpc) is 2.85. The summed E-state index contributed by atoms with van der Waals surface area (Å²) >= 11 is 0. The lowest BCUT2D eigenvalue weighted by Crippen LogP contribution is -2.19. The van der Waals surface area contributed by atoms with Crippen LogP contribution >= 0.6 is 0 Å². The van der Waals surface area contributed by atoms with Crippen molar-refractivity contribution in [2.45, 2.75) is 39.3 Å². The second-order valence-corrected chi connectivity index (χ2v) is 8.22. The predicted molar refractivity (Wildman–Crippen MR) is 138 cm³/mol. The second-order valence-electron chi connectivity index (χ2n) is 8.22. The molecule has 0 aliphatic carbocycles. The minimum Gasteiger partial charge on any atom is -0.508 e. The Morgan fingerprint density at radius 1 is 0.917 bits per heavy atom. The van der Waals surface area contributed by atoms with E-state index in [0.29, 0.717) is 6.04 Å². The molecule has 1 atom stereocenters. The zero-order valence-corrected chi connectivity index (χ0v) is 20.8. The Morgan fingerprint density at radius 3 is 1.92 bits per heavy atom. The maximum absolute atomic E-state index is 11.6. The van der Waals surface area contributed by atoms with Gasteiger partial charge in [-0.1, -0.05) is 12.2 Å². The number of ether oxygens (including phenoxy) is 2. The van der Waals surface area contributed by atoms with Gasteiger partial charge in [-0.2, -0.15) is 0 Å². The molecule has 0 saturated heterocycles. The highest BCUT2D eigenvalue weighted by Gasteiger charge is 2.14. The van der Waals surface area contributed by atoms with Gasteiger partial charge < -0.3 is 25.0 Å². The summed E-state index contributed by atoms with van der Waals surface area (Å²) in [5, 5.41) is 21.4. The number of rotatable bonds is 8. The molecule has 2 aromatic carbocycles. The maximum Gasteiger partial charge on any atom is 0.346 e. The third kappa shape index (κ3) is 9.99. The van der Waals surface area contributed by atoms with Crippen LogP contribution in [0.1, 0.15) is 53.5 Å². The molecule has 3 aromatic rings. The van der Waals surface area contributed by atoms with Gasteiger partial charge in [0.2, 0.25) is 0 Å². The van der Waals surface area contributed by atoms with Crippen molar-refractivity contribution in [2.24, 2.45) is 0 Å². The van der Waals surface area contributed by atoms with Crippen molar-refractivity contribution in [1.82, 2.24) is 10.3 Å². The van der Waals surface area contributed by atoms with E-state index in [1.54, 1.807) is 6.20 Å². The van der Waals surface area contributed by atoms with Crippen molar-refractivity contribution in [3.63, 3.8) is 0 Å². The van der Waals surface area contributed by atoms with E-state index < -0.39 is 11.9 Å². The number of esters is 2. The Kier molecular flexibility index (Phi) is 11.1. The number of phenolic OH excluding ortho intramolecular Hbond substituents is 2. The summed E-state index contributed by atoms with van der Waals surface area (Å²) in [6.45, 7) is 6.18. The summed E-state index contributed by atoms with van der Waals surface area (Å²) in [4.78, 5) is 27.4. The summed E-state index contributed by atoms with van der Waals surface area (Å²) < 4.78 is 10.3. The Balaban J connectivity index is 0.000000255. The molecule has 3 N–H and O–H groups in total. The van der Waals surface area contributed by atoms with Crippen molar-refractivity contribution >= 4 is 18.0 Å². The quantitative estimate of drug-likeness (QED) is 0.298. The van der Waals surface area contributed by atoms with Gasteiger partial charge >= 0.3 is 11.9 Å². The molecule has 36 heavy (non-hydrogen) atoms. The lowest BCUT2D eigenvalue weighted by Gasteiger charge is -2.09. The highest BCUT2D eigenvalue weighted by atomic mass is 16.6. The first-order chi connectivity index (χ1) is 17.2. The first-order valence-corrected chi connectivity index (χ1v) is 11.5. The number of hydrogen-bond donors (Lipinski definition) is 3. The number of carbonyl (C=O) groups excluding carboxylic acids is 2. The zero-order valence-electron chi connectivity index (χ0n) is 20.8. The van der Waals surface area contributed by atoms with E-state index >= 15 is 0 Å². The summed E-state index contributed by atoms with van der Waals surface area (Å²) in [7, 11) is 1.97. The van der Waals surface area contributed by atoms with Crippen LogP contribution in [0.15, 0.2) is 73.1 Å². The van der Waals surface area contributed by atoms with Crippen molar-refractivity contribution in [2.75, 3.05) is 7.05 Å². The van der Waals surface area contributed by atoms with Gasteiger partial charge in [-0.25, -0.2) is 9.59 Å². The largest absolute Gasteiger partial charge is 0.508 e. The number of nitrogens with zero attached hydrogens (tertiary/aromatic N) is 1. The molecule has 0 unspecified atom stereocenters. The van der Waals surface area contributed by atoms with Crippen LogP contribution in [-0.4, -0.2) is 46.3 Å². The maximum atomic E-state index is 11.6. The van der Waals surface area contributed by atoms with E-state index in [0.717, 1.165) is 17.7 Å². The predicted octanol–water partition coefficient (Wildman–Crippen LogP) is 4.98. The van der Waals surface area contributed by atoms with Crippen LogP contribution in [0.5, 0.6) is 17.2 Å². The first-order valence-electron chi connectivity index (χ1n) is 11.5. The van der Waals surface area contributed by atoms with Crippen molar-refractivity contribution < 1.29 is 29.3 Å². The Bertz CT molecular complexity index is 1090.